The van der Waals surface area contributed by atoms with Gasteiger partial charge in [0.2, 0.25) is 0 Å². The van der Waals surface area contributed by atoms with Crippen LogP contribution in [0.2, 0.25) is 0 Å². The molecule has 0 spiro atoms. The Kier molecular flexibility index (Phi) is 32.6. The van der Waals surface area contributed by atoms with Gasteiger partial charge in [-0.05, 0) is 0 Å². The van der Waals surface area contributed by atoms with E-state index in [1.807, 2.05) is 0 Å². The first-order valence-electron chi connectivity index (χ1n) is 11.3. The minimum atomic E-state index is -3.42. The third kappa shape index (κ3) is 22.1. The van der Waals surface area contributed by atoms with Crippen molar-refractivity contribution in [3.63, 3.8) is 0 Å². The van der Waals surface area contributed by atoms with Gasteiger partial charge in [-0.1, -0.05) is 139 Å². The van der Waals surface area contributed by atoms with E-state index in [0.717, 1.165) is 0 Å². The molecule has 0 atom stereocenters. The van der Waals surface area contributed by atoms with E-state index in [1.165, 1.54) is 0 Å². The average Bonchev–Trinajstić information content (AvgIpc) is 2.91. The Balaban J connectivity index is -0.000000745. The average molecular weight is 895 g/mol. The van der Waals surface area contributed by atoms with Gasteiger partial charge in [0.15, 0.2) is 17.2 Å². The zero-order valence-corrected chi connectivity index (χ0v) is 33.6. The van der Waals surface area contributed by atoms with Gasteiger partial charge in [0, 0.05) is 0 Å². The molecule has 4 aromatic rings. The van der Waals surface area contributed by atoms with Gasteiger partial charge in [-0.2, -0.15) is 0 Å². The van der Waals surface area contributed by atoms with Gasteiger partial charge >= 0.3 is 148 Å². The van der Waals surface area contributed by atoms with Crippen LogP contribution in [-0.4, -0.2) is 25.9 Å². The molecular formula is C24H26Cl14N4Si. The molecule has 0 N–H and O–H groups in total. The van der Waals surface area contributed by atoms with Gasteiger partial charge in [-0.25, -0.2) is 0 Å². The second kappa shape index (κ2) is 29.0. The third-order valence-corrected chi connectivity index (χ3v) is 10.7. The SMILES string of the molecule is ClC(Cl)Cl.ClC(Cl)Cl.ClC(Cl)Cl.ClC(Cl)Cl.[Cl-].[Cl-].c1cc[n+]([SiH2-2]([n+]2ccccc2)([n+]2ccccc2)[n+]2ccccc2)cc1. The topological polar surface area (TPSA) is 15.5 Å². The second-order valence-electron chi connectivity index (χ2n) is 7.40. The van der Waals surface area contributed by atoms with Crippen LogP contribution in [0.1, 0.15) is 0 Å². The quantitative estimate of drug-likeness (QED) is 0.221. The maximum absolute atomic E-state index is 4.81. The Bertz CT molecular complexity index is 955. The first kappa shape index (κ1) is 48.3. The number of hydrogen-bond acceptors (Lipinski definition) is 0. The Hall–Kier alpha value is 0.877. The summed E-state index contributed by atoms with van der Waals surface area (Å²) in [6.45, 7) is 0. The van der Waals surface area contributed by atoms with Crippen LogP contribution in [-0.2, 0) is 0 Å². The van der Waals surface area contributed by atoms with Crippen molar-refractivity contribution >= 4 is 148 Å². The molecule has 0 bridgehead atoms. The zero-order valence-electron chi connectivity index (χ0n) is 21.6. The summed E-state index contributed by atoms with van der Waals surface area (Å²) in [4.78, 5) is 0. The summed E-state index contributed by atoms with van der Waals surface area (Å²) in [7, 11) is -3.42. The minimum absolute atomic E-state index is 0. The molecule has 0 aliphatic carbocycles. The van der Waals surface area contributed by atoms with Crippen molar-refractivity contribution in [1.29, 1.82) is 0 Å². The third-order valence-electron chi connectivity index (χ3n) is 5.07. The molecule has 4 nitrogen and oxygen atoms in total. The van der Waals surface area contributed by atoms with Crippen molar-refractivity contribution in [1.82, 2.24) is 0 Å². The van der Waals surface area contributed by atoms with Crippen molar-refractivity contribution in [3.05, 3.63) is 122 Å². The summed E-state index contributed by atoms with van der Waals surface area (Å²) in [6.07, 6.45) is 17.4. The van der Waals surface area contributed by atoms with E-state index >= 15 is 0 Å². The molecule has 0 aromatic carbocycles. The molecule has 19 heteroatoms. The standard InChI is InChI=1S/C20H22N4Si.4CHCl3.2ClH/c1-5-13-21(14-6-1)25(22-15-7-2-8-16-22,23-17-9-3-10-18-23)24-19-11-4-12-20-24;4*2-1(3)4;;/h1-20H,25H2;4*1H;2*1H/q+2;;;;;;/p-2. The number of rotatable bonds is 4. The summed E-state index contributed by atoms with van der Waals surface area (Å²) < 4.78 is 6.53. The molecule has 4 heterocycles. The monoisotopic (exact) mass is 888 g/mol. The van der Waals surface area contributed by atoms with Gasteiger partial charge in [-0.3, -0.25) is 0 Å². The number of alkyl halides is 12. The Morgan fingerprint density at radius 3 is 0.512 bits per heavy atom. The summed E-state index contributed by atoms with van der Waals surface area (Å²) in [5.74, 6) is 0. The van der Waals surface area contributed by atoms with Gasteiger partial charge in [0.1, 0.15) is 0 Å². The van der Waals surface area contributed by atoms with E-state index in [0.29, 0.717) is 0 Å². The molecule has 244 valence electrons. The molecule has 0 amide bonds. The van der Waals surface area contributed by atoms with Crippen LogP contribution in [0.4, 0.5) is 0 Å². The van der Waals surface area contributed by atoms with Crippen molar-refractivity contribution in [2.24, 2.45) is 0 Å². The number of hydrogen-bond donors (Lipinski definition) is 0. The predicted molar refractivity (Wildman–Crippen MR) is 182 cm³/mol. The molecule has 0 aliphatic heterocycles. The van der Waals surface area contributed by atoms with Crippen molar-refractivity contribution in [2.75, 3.05) is 0 Å². The van der Waals surface area contributed by atoms with E-state index in [2.05, 4.69) is 139 Å². The van der Waals surface area contributed by atoms with E-state index in [9.17, 15) is 0 Å². The van der Waals surface area contributed by atoms with Crippen LogP contribution in [0.25, 0.3) is 0 Å². The van der Waals surface area contributed by atoms with E-state index in [4.69, 9.17) is 139 Å². The van der Waals surface area contributed by atoms with Crippen LogP contribution >= 0.6 is 139 Å². The van der Waals surface area contributed by atoms with Crippen molar-refractivity contribution in [2.45, 2.75) is 17.2 Å². The number of pyridine rings is 4. The zero-order chi connectivity index (χ0) is 31.3. The maximum atomic E-state index is 4.81. The number of nitrogens with zero attached hydrogens (tertiary/aromatic N) is 4. The molecule has 0 fully saturated rings. The normalized spacial score (nSPS) is 10.2. The van der Waals surface area contributed by atoms with Gasteiger partial charge in [-0.15, -0.1) is 0 Å². The fraction of sp³-hybridized carbons (Fsp3) is 0.167. The molecule has 0 aliphatic rings. The van der Waals surface area contributed by atoms with E-state index < -0.39 is 25.9 Å². The Morgan fingerprint density at radius 2 is 0.395 bits per heavy atom. The van der Waals surface area contributed by atoms with Gasteiger partial charge < -0.3 is 24.8 Å². The number of aromatic nitrogens is 4. The molecule has 4 aromatic heterocycles. The molecule has 4 rings (SSSR count). The van der Waals surface area contributed by atoms with Gasteiger partial charge in [0.05, 0.1) is 0 Å². The van der Waals surface area contributed by atoms with Gasteiger partial charge in [0.25, 0.3) is 0 Å². The Labute approximate surface area is 325 Å². The summed E-state index contributed by atoms with van der Waals surface area (Å²) in [6, 6.07) is 25.0. The summed E-state index contributed by atoms with van der Waals surface area (Å²) in [5, 5.41) is 0. The Morgan fingerprint density at radius 1 is 0.279 bits per heavy atom. The van der Waals surface area contributed by atoms with Crippen LogP contribution in [0.3, 0.4) is 0 Å². The molecule has 0 saturated carbocycles. The molecule has 0 unspecified atom stereocenters. The van der Waals surface area contributed by atoms with Crippen molar-refractivity contribution in [3.8, 4) is 0 Å². The first-order chi connectivity index (χ1) is 19.3. The van der Waals surface area contributed by atoms with E-state index in [-0.39, 0.29) is 24.8 Å². The molecule has 0 saturated heterocycles. The van der Waals surface area contributed by atoms with Crippen LogP contribution in [0.15, 0.2) is 122 Å². The van der Waals surface area contributed by atoms with Crippen LogP contribution < -0.4 is 41.7 Å². The van der Waals surface area contributed by atoms with Crippen LogP contribution in [0, 0.1) is 0 Å². The second-order valence-corrected chi connectivity index (χ2v) is 19.9. The summed E-state index contributed by atoms with van der Waals surface area (Å²) >= 11 is 57.7. The molecular weight excluding hydrogens is 869 g/mol. The van der Waals surface area contributed by atoms with E-state index in [1.54, 1.807) is 0 Å². The molecule has 43 heavy (non-hydrogen) atoms. The first-order valence-corrected chi connectivity index (χ1v) is 19.0. The summed E-state index contributed by atoms with van der Waals surface area (Å²) in [5.41, 5.74) is 0. The predicted octanol–water partition coefficient (Wildman–Crippen LogP) is 2.18. The van der Waals surface area contributed by atoms with Crippen LogP contribution in [0.5, 0.6) is 0 Å². The fourth-order valence-electron chi connectivity index (χ4n) is 4.00. The number of halogens is 14. The fourth-order valence-corrected chi connectivity index (χ4v) is 9.50. The van der Waals surface area contributed by atoms with Crippen molar-refractivity contribution < 1.29 is 41.7 Å². The molecule has 0 radical (unpaired) electrons.